The van der Waals surface area contributed by atoms with Crippen LogP contribution in [0, 0.1) is 17.8 Å². The van der Waals surface area contributed by atoms with Crippen LogP contribution in [-0.2, 0) is 4.74 Å². The Balaban J connectivity index is 2.35. The van der Waals surface area contributed by atoms with E-state index in [0.29, 0.717) is 12.2 Å². The maximum Gasteiger partial charge on any atom is 0.138 e. The molecule has 0 N–H and O–H groups in total. The minimum Gasteiger partial charge on any atom is -0.445 e. The molecule has 0 bridgehead atoms. The van der Waals surface area contributed by atoms with Gasteiger partial charge in [0.2, 0.25) is 0 Å². The van der Waals surface area contributed by atoms with E-state index in [0.717, 1.165) is 19.6 Å². The van der Waals surface area contributed by atoms with E-state index in [9.17, 15) is 4.39 Å². The summed E-state index contributed by atoms with van der Waals surface area (Å²) in [5.41, 5.74) is 0.371. The van der Waals surface area contributed by atoms with E-state index in [1.54, 1.807) is 18.2 Å². The summed E-state index contributed by atoms with van der Waals surface area (Å²) in [7, 11) is 0. The topological polar surface area (TPSA) is 12.5 Å². The zero-order chi connectivity index (χ0) is 12.5. The van der Waals surface area contributed by atoms with Crippen molar-refractivity contribution in [1.82, 2.24) is 4.90 Å². The van der Waals surface area contributed by atoms with E-state index in [4.69, 9.17) is 4.74 Å². The molecule has 0 unspecified atom stereocenters. The lowest BCUT2D eigenvalue weighted by atomic mass is 10.2. The number of rotatable bonds is 5. The van der Waals surface area contributed by atoms with E-state index in [1.165, 1.54) is 6.07 Å². The second-order valence-electron chi connectivity index (χ2n) is 3.58. The lowest BCUT2D eigenvalue weighted by Crippen LogP contribution is -2.26. The van der Waals surface area contributed by atoms with Gasteiger partial charge in [-0.3, -0.25) is 0 Å². The maximum absolute atomic E-state index is 13.2. The molecular formula is C14H18FNO. The normalized spacial score (nSPS) is 9.88. The second-order valence-corrected chi connectivity index (χ2v) is 3.58. The highest BCUT2D eigenvalue weighted by molar-refractivity contribution is 5.33. The van der Waals surface area contributed by atoms with Gasteiger partial charge in [-0.25, -0.2) is 4.39 Å². The van der Waals surface area contributed by atoms with E-state index >= 15 is 0 Å². The molecule has 17 heavy (non-hydrogen) atoms. The number of ether oxygens (including phenoxy) is 1. The van der Waals surface area contributed by atoms with Crippen molar-refractivity contribution in [3.8, 4) is 12.0 Å². The Morgan fingerprint density at radius 1 is 1.24 bits per heavy atom. The fourth-order valence-electron chi connectivity index (χ4n) is 1.42. The van der Waals surface area contributed by atoms with Gasteiger partial charge in [0, 0.05) is 6.54 Å². The molecule has 0 spiro atoms. The van der Waals surface area contributed by atoms with E-state index in [2.05, 4.69) is 30.8 Å². The van der Waals surface area contributed by atoms with Gasteiger partial charge < -0.3 is 9.64 Å². The van der Waals surface area contributed by atoms with Gasteiger partial charge in [0.1, 0.15) is 18.5 Å². The highest BCUT2D eigenvalue weighted by atomic mass is 19.1. The number of hydrogen-bond donors (Lipinski definition) is 0. The van der Waals surface area contributed by atoms with E-state index < -0.39 is 0 Å². The summed E-state index contributed by atoms with van der Waals surface area (Å²) in [4.78, 5) is 2.24. The van der Waals surface area contributed by atoms with Crippen LogP contribution in [0.3, 0.4) is 0 Å². The Hall–Kier alpha value is -1.53. The first-order valence-corrected chi connectivity index (χ1v) is 5.87. The van der Waals surface area contributed by atoms with Crippen molar-refractivity contribution < 1.29 is 9.13 Å². The molecule has 0 saturated carbocycles. The van der Waals surface area contributed by atoms with Gasteiger partial charge in [0.05, 0.1) is 5.56 Å². The van der Waals surface area contributed by atoms with Crippen molar-refractivity contribution in [3.63, 3.8) is 0 Å². The van der Waals surface area contributed by atoms with Crippen LogP contribution in [0.4, 0.5) is 4.39 Å². The van der Waals surface area contributed by atoms with Crippen LogP contribution < -0.4 is 0 Å². The molecule has 0 radical (unpaired) electrons. The average molecular weight is 235 g/mol. The standard InChI is InChI=1S/C14H18FNO/c1-3-16(4-2)10-12-17-11-9-13-7-5-6-8-14(13)15/h5-8H,3-4,10,12H2,1-2H3. The van der Waals surface area contributed by atoms with Crippen molar-refractivity contribution in [2.24, 2.45) is 0 Å². The molecule has 0 atom stereocenters. The molecule has 92 valence electrons. The number of hydrogen-bond acceptors (Lipinski definition) is 2. The van der Waals surface area contributed by atoms with E-state index in [1.807, 2.05) is 0 Å². The summed E-state index contributed by atoms with van der Waals surface area (Å²) in [5, 5.41) is 0. The lowest BCUT2D eigenvalue weighted by Gasteiger charge is -2.16. The largest absolute Gasteiger partial charge is 0.445 e. The number of nitrogens with zero attached hydrogens (tertiary/aromatic N) is 1. The Morgan fingerprint density at radius 2 is 1.94 bits per heavy atom. The van der Waals surface area contributed by atoms with Crippen LogP contribution in [0.15, 0.2) is 24.3 Å². The van der Waals surface area contributed by atoms with Gasteiger partial charge >= 0.3 is 0 Å². The third kappa shape index (κ3) is 4.88. The Bertz CT molecular complexity index is 391. The van der Waals surface area contributed by atoms with Crippen LogP contribution in [0.2, 0.25) is 0 Å². The van der Waals surface area contributed by atoms with Gasteiger partial charge in [0.15, 0.2) is 0 Å². The fraction of sp³-hybridized carbons (Fsp3) is 0.429. The van der Waals surface area contributed by atoms with Gasteiger partial charge in [-0.15, -0.1) is 0 Å². The summed E-state index contributed by atoms with van der Waals surface area (Å²) >= 11 is 0. The summed E-state index contributed by atoms with van der Waals surface area (Å²) < 4.78 is 18.3. The number of likely N-dealkylation sites (N-methyl/N-ethyl adjacent to an activating group) is 1. The molecular weight excluding hydrogens is 217 g/mol. The Labute approximate surface area is 102 Å². The first-order valence-electron chi connectivity index (χ1n) is 5.87. The fourth-order valence-corrected chi connectivity index (χ4v) is 1.42. The Kier molecular flexibility index (Phi) is 6.13. The second kappa shape index (κ2) is 7.70. The van der Waals surface area contributed by atoms with Crippen LogP contribution in [0.5, 0.6) is 0 Å². The van der Waals surface area contributed by atoms with Crippen LogP contribution in [-0.4, -0.2) is 31.1 Å². The zero-order valence-electron chi connectivity index (χ0n) is 10.4. The molecule has 1 rings (SSSR count). The van der Waals surface area contributed by atoms with Crippen molar-refractivity contribution in [3.05, 3.63) is 35.6 Å². The van der Waals surface area contributed by atoms with Gasteiger partial charge in [-0.2, -0.15) is 0 Å². The molecule has 0 aliphatic carbocycles. The molecule has 1 aromatic rings. The smallest absolute Gasteiger partial charge is 0.138 e. The van der Waals surface area contributed by atoms with Crippen molar-refractivity contribution in [1.29, 1.82) is 0 Å². The first kappa shape index (κ1) is 13.5. The predicted molar refractivity (Wildman–Crippen MR) is 67.0 cm³/mol. The summed E-state index contributed by atoms with van der Waals surface area (Å²) in [6, 6.07) is 6.42. The van der Waals surface area contributed by atoms with E-state index in [-0.39, 0.29) is 5.82 Å². The predicted octanol–water partition coefficient (Wildman–Crippen LogP) is 2.49. The number of benzene rings is 1. The molecule has 2 nitrogen and oxygen atoms in total. The third-order valence-electron chi connectivity index (χ3n) is 2.54. The van der Waals surface area contributed by atoms with Crippen molar-refractivity contribution >= 4 is 0 Å². The Morgan fingerprint density at radius 3 is 2.59 bits per heavy atom. The molecule has 3 heteroatoms. The molecule has 0 aliphatic heterocycles. The number of halogens is 1. The molecule has 0 aliphatic rings. The highest BCUT2D eigenvalue weighted by Crippen LogP contribution is 2.03. The summed E-state index contributed by atoms with van der Waals surface area (Å²) in [5.74, 6) is 2.34. The van der Waals surface area contributed by atoms with Crippen LogP contribution in [0.25, 0.3) is 0 Å². The van der Waals surface area contributed by atoms with Gasteiger partial charge in [-0.1, -0.05) is 26.0 Å². The van der Waals surface area contributed by atoms with Gasteiger partial charge in [-0.05, 0) is 31.1 Å². The molecule has 0 heterocycles. The van der Waals surface area contributed by atoms with Crippen molar-refractivity contribution in [2.45, 2.75) is 13.8 Å². The SMILES string of the molecule is CCN(CC)CCOC#Cc1ccccc1F. The van der Waals surface area contributed by atoms with Gasteiger partial charge in [0.25, 0.3) is 0 Å². The molecule has 1 aromatic carbocycles. The third-order valence-corrected chi connectivity index (χ3v) is 2.54. The van der Waals surface area contributed by atoms with Crippen LogP contribution >= 0.6 is 0 Å². The minimum atomic E-state index is -0.313. The molecule has 0 amide bonds. The van der Waals surface area contributed by atoms with Crippen LogP contribution in [0.1, 0.15) is 19.4 Å². The monoisotopic (exact) mass is 235 g/mol. The summed E-state index contributed by atoms with van der Waals surface area (Å²) in [6.07, 6.45) is 2.53. The maximum atomic E-state index is 13.2. The quantitative estimate of drug-likeness (QED) is 0.574. The molecule has 0 saturated heterocycles. The zero-order valence-corrected chi connectivity index (χ0v) is 10.4. The molecule has 0 aromatic heterocycles. The lowest BCUT2D eigenvalue weighted by molar-refractivity contribution is 0.202. The van der Waals surface area contributed by atoms with Crippen molar-refractivity contribution in [2.75, 3.05) is 26.2 Å². The first-order chi connectivity index (χ1) is 8.27. The molecule has 0 fully saturated rings. The average Bonchev–Trinajstić information content (AvgIpc) is 2.36. The highest BCUT2D eigenvalue weighted by Gasteiger charge is 1.97. The minimum absolute atomic E-state index is 0.313. The summed E-state index contributed by atoms with van der Waals surface area (Å²) in [6.45, 7) is 7.60.